The van der Waals surface area contributed by atoms with Crippen LogP contribution in [0, 0.1) is 0 Å². The fraction of sp³-hybridized carbons (Fsp3) is 0.250. The maximum Gasteiger partial charge on any atom is 0.417 e. The third-order valence-electron chi connectivity index (χ3n) is 3.64. The van der Waals surface area contributed by atoms with Crippen molar-refractivity contribution in [2.24, 2.45) is 0 Å². The maximum atomic E-state index is 13.1. The highest BCUT2D eigenvalue weighted by atomic mass is 19.4. The van der Waals surface area contributed by atoms with Crippen molar-refractivity contribution in [1.29, 1.82) is 0 Å². The molecular weight excluding hydrogens is 263 g/mol. The van der Waals surface area contributed by atoms with E-state index >= 15 is 0 Å². The van der Waals surface area contributed by atoms with Crippen LogP contribution in [0.2, 0.25) is 0 Å². The van der Waals surface area contributed by atoms with Crippen molar-refractivity contribution in [3.63, 3.8) is 0 Å². The van der Waals surface area contributed by atoms with E-state index in [1.54, 1.807) is 6.07 Å². The van der Waals surface area contributed by atoms with Crippen LogP contribution in [0.3, 0.4) is 0 Å². The van der Waals surface area contributed by atoms with Crippen LogP contribution < -0.4 is 5.32 Å². The van der Waals surface area contributed by atoms with Gasteiger partial charge in [0.15, 0.2) is 0 Å². The fourth-order valence-corrected chi connectivity index (χ4v) is 2.64. The SMILES string of the molecule is FC(F)(F)c1ccccc1C1=CCC2=CCNCC2=C1. The minimum Gasteiger partial charge on any atom is -0.309 e. The zero-order valence-electron chi connectivity index (χ0n) is 10.8. The minimum absolute atomic E-state index is 0.261. The molecule has 1 heterocycles. The van der Waals surface area contributed by atoms with Crippen molar-refractivity contribution in [3.8, 4) is 0 Å². The molecule has 1 nitrogen and oxygen atoms in total. The van der Waals surface area contributed by atoms with E-state index in [4.69, 9.17) is 0 Å². The Kier molecular flexibility index (Phi) is 3.26. The van der Waals surface area contributed by atoms with Gasteiger partial charge in [0, 0.05) is 13.1 Å². The number of hydrogen-bond donors (Lipinski definition) is 1. The highest BCUT2D eigenvalue weighted by Gasteiger charge is 2.33. The Bertz CT molecular complexity index is 621. The number of hydrogen-bond acceptors (Lipinski definition) is 1. The normalized spacial score (nSPS) is 18.9. The number of rotatable bonds is 1. The molecule has 1 aliphatic carbocycles. The van der Waals surface area contributed by atoms with Gasteiger partial charge in [-0.25, -0.2) is 0 Å². The highest BCUT2D eigenvalue weighted by molar-refractivity contribution is 5.80. The second-order valence-electron chi connectivity index (χ2n) is 4.94. The Morgan fingerprint density at radius 3 is 2.60 bits per heavy atom. The first kappa shape index (κ1) is 13.2. The lowest BCUT2D eigenvalue weighted by molar-refractivity contribution is -0.137. The van der Waals surface area contributed by atoms with Crippen molar-refractivity contribution in [2.45, 2.75) is 12.6 Å². The summed E-state index contributed by atoms with van der Waals surface area (Å²) in [5, 5.41) is 3.21. The van der Waals surface area contributed by atoms with Crippen molar-refractivity contribution in [1.82, 2.24) is 5.32 Å². The molecule has 0 aromatic heterocycles. The number of benzene rings is 1. The number of fused-ring (bicyclic) bond motifs is 1. The van der Waals surface area contributed by atoms with Crippen LogP contribution in [0.15, 0.2) is 53.6 Å². The van der Waals surface area contributed by atoms with Gasteiger partial charge < -0.3 is 5.32 Å². The monoisotopic (exact) mass is 277 g/mol. The van der Waals surface area contributed by atoms with Crippen LogP contribution >= 0.6 is 0 Å². The average Bonchev–Trinajstić information content (AvgIpc) is 2.46. The predicted octanol–water partition coefficient (Wildman–Crippen LogP) is 3.95. The van der Waals surface area contributed by atoms with E-state index in [-0.39, 0.29) is 5.56 Å². The average molecular weight is 277 g/mol. The molecule has 0 saturated heterocycles. The van der Waals surface area contributed by atoms with Gasteiger partial charge in [-0.15, -0.1) is 0 Å². The molecule has 1 aliphatic heterocycles. The predicted molar refractivity (Wildman–Crippen MR) is 73.1 cm³/mol. The molecule has 3 rings (SSSR count). The van der Waals surface area contributed by atoms with E-state index in [2.05, 4.69) is 11.4 Å². The molecule has 4 heteroatoms. The largest absolute Gasteiger partial charge is 0.417 e. The Morgan fingerprint density at radius 1 is 1.00 bits per heavy atom. The van der Waals surface area contributed by atoms with Crippen molar-refractivity contribution >= 4 is 5.57 Å². The van der Waals surface area contributed by atoms with Crippen LogP contribution in [0.5, 0.6) is 0 Å². The third kappa shape index (κ3) is 2.43. The quantitative estimate of drug-likeness (QED) is 0.819. The fourth-order valence-electron chi connectivity index (χ4n) is 2.64. The lowest BCUT2D eigenvalue weighted by Crippen LogP contribution is -2.24. The van der Waals surface area contributed by atoms with Gasteiger partial charge in [0.2, 0.25) is 0 Å². The Morgan fingerprint density at radius 2 is 1.80 bits per heavy atom. The molecule has 1 aromatic rings. The molecule has 2 aliphatic rings. The van der Waals surface area contributed by atoms with Crippen molar-refractivity contribution in [2.75, 3.05) is 13.1 Å². The summed E-state index contributed by atoms with van der Waals surface area (Å²) in [7, 11) is 0. The van der Waals surface area contributed by atoms with Crippen molar-refractivity contribution in [3.05, 3.63) is 64.8 Å². The van der Waals surface area contributed by atoms with Crippen LogP contribution in [0.25, 0.3) is 5.57 Å². The molecule has 0 fully saturated rings. The van der Waals surface area contributed by atoms with Gasteiger partial charge in [0.25, 0.3) is 0 Å². The zero-order valence-corrected chi connectivity index (χ0v) is 10.8. The van der Waals surface area contributed by atoms with Gasteiger partial charge in [0.05, 0.1) is 5.56 Å². The molecule has 1 aromatic carbocycles. The van der Waals surface area contributed by atoms with E-state index in [9.17, 15) is 13.2 Å². The van der Waals surface area contributed by atoms with Crippen LogP contribution in [-0.4, -0.2) is 13.1 Å². The van der Waals surface area contributed by atoms with E-state index < -0.39 is 11.7 Å². The molecular formula is C16H14F3N. The molecule has 0 atom stereocenters. The van der Waals surface area contributed by atoms with Gasteiger partial charge in [-0.1, -0.05) is 30.4 Å². The highest BCUT2D eigenvalue weighted by Crippen LogP contribution is 2.38. The van der Waals surface area contributed by atoms with Gasteiger partial charge >= 0.3 is 6.18 Å². The molecule has 0 radical (unpaired) electrons. The number of nitrogens with one attached hydrogen (secondary N) is 1. The molecule has 1 N–H and O–H groups in total. The van der Waals surface area contributed by atoms with Crippen molar-refractivity contribution < 1.29 is 13.2 Å². The smallest absolute Gasteiger partial charge is 0.309 e. The summed E-state index contributed by atoms with van der Waals surface area (Å²) in [6, 6.07) is 5.75. The lowest BCUT2D eigenvalue weighted by atomic mass is 9.87. The van der Waals surface area contributed by atoms with E-state index in [1.807, 2.05) is 12.2 Å². The van der Waals surface area contributed by atoms with E-state index in [1.165, 1.54) is 17.7 Å². The second-order valence-corrected chi connectivity index (χ2v) is 4.94. The van der Waals surface area contributed by atoms with Gasteiger partial charge in [-0.2, -0.15) is 13.2 Å². The van der Waals surface area contributed by atoms with Crippen LogP contribution in [-0.2, 0) is 6.18 Å². The summed E-state index contributed by atoms with van der Waals surface area (Å²) >= 11 is 0. The minimum atomic E-state index is -4.32. The molecule has 0 unspecified atom stereocenters. The molecule has 0 bridgehead atoms. The molecule has 104 valence electrons. The van der Waals surface area contributed by atoms with Gasteiger partial charge in [-0.05, 0) is 40.8 Å². The number of alkyl halides is 3. The van der Waals surface area contributed by atoms with Crippen LogP contribution in [0.1, 0.15) is 17.5 Å². The summed E-state index contributed by atoms with van der Waals surface area (Å²) in [4.78, 5) is 0. The standard InChI is InChI=1S/C16H14F3N/c17-16(18,19)15-4-2-1-3-14(15)12-6-5-11-7-8-20-10-13(11)9-12/h1-4,6-7,9,20H,5,8,10H2. The van der Waals surface area contributed by atoms with Gasteiger partial charge in [0.1, 0.15) is 0 Å². The summed E-state index contributed by atoms with van der Waals surface area (Å²) in [6.07, 6.45) is 2.22. The summed E-state index contributed by atoms with van der Waals surface area (Å²) in [6.45, 7) is 1.55. The Hall–Kier alpha value is -1.81. The summed E-state index contributed by atoms with van der Waals surface area (Å²) < 4.78 is 39.2. The van der Waals surface area contributed by atoms with E-state index in [0.717, 1.165) is 24.7 Å². The zero-order chi connectivity index (χ0) is 14.2. The topological polar surface area (TPSA) is 12.0 Å². The molecule has 0 spiro atoms. The molecule has 0 saturated carbocycles. The third-order valence-corrected chi connectivity index (χ3v) is 3.64. The number of halogens is 3. The summed E-state index contributed by atoms with van der Waals surface area (Å²) in [5.74, 6) is 0. The van der Waals surface area contributed by atoms with Gasteiger partial charge in [-0.3, -0.25) is 0 Å². The Balaban J connectivity index is 2.03. The van der Waals surface area contributed by atoms with Crippen LogP contribution in [0.4, 0.5) is 13.2 Å². The number of allylic oxidation sites excluding steroid dienone is 3. The Labute approximate surface area is 115 Å². The first-order valence-electron chi connectivity index (χ1n) is 6.53. The first-order valence-corrected chi connectivity index (χ1v) is 6.53. The lowest BCUT2D eigenvalue weighted by Gasteiger charge is -2.23. The second kappa shape index (κ2) is 4.94. The first-order chi connectivity index (χ1) is 9.55. The molecule has 20 heavy (non-hydrogen) atoms. The summed E-state index contributed by atoms with van der Waals surface area (Å²) in [5.41, 5.74) is 2.66. The molecule has 0 amide bonds. The van der Waals surface area contributed by atoms with E-state index in [0.29, 0.717) is 12.0 Å². The maximum absolute atomic E-state index is 13.1.